The van der Waals surface area contributed by atoms with Gasteiger partial charge in [-0.1, -0.05) is 11.6 Å². The van der Waals surface area contributed by atoms with Crippen LogP contribution in [0.4, 0.5) is 5.69 Å². The Morgan fingerprint density at radius 2 is 2.29 bits per heavy atom. The van der Waals surface area contributed by atoms with Crippen molar-refractivity contribution in [3.8, 4) is 11.6 Å². The van der Waals surface area contributed by atoms with Crippen molar-refractivity contribution in [1.29, 1.82) is 0 Å². The first-order chi connectivity index (χ1) is 10.1. The summed E-state index contributed by atoms with van der Waals surface area (Å²) < 4.78 is 7.37. The quantitative estimate of drug-likeness (QED) is 0.397. The molecule has 1 aromatic carbocycles. The lowest BCUT2D eigenvalue weighted by atomic mass is 10.3. The number of hydrogen-bond acceptors (Lipinski definition) is 5. The summed E-state index contributed by atoms with van der Waals surface area (Å²) in [5.41, 5.74) is 0.413. The summed E-state index contributed by atoms with van der Waals surface area (Å²) in [7, 11) is 0. The number of nitro groups is 1. The zero-order chi connectivity index (χ0) is 15.0. The van der Waals surface area contributed by atoms with E-state index in [9.17, 15) is 10.1 Å². The fourth-order valence-corrected chi connectivity index (χ4v) is 2.97. The van der Waals surface area contributed by atoms with Gasteiger partial charge in [-0.3, -0.25) is 14.5 Å². The molecule has 108 valence electrons. The smallest absolute Gasteiger partial charge is 0.313 e. The van der Waals surface area contributed by atoms with Crippen molar-refractivity contribution in [3.63, 3.8) is 0 Å². The molecule has 0 radical (unpaired) electrons. The van der Waals surface area contributed by atoms with Gasteiger partial charge in [0.15, 0.2) is 4.96 Å². The molecule has 0 atom stereocenters. The maximum Gasteiger partial charge on any atom is 0.313 e. The van der Waals surface area contributed by atoms with E-state index in [0.717, 1.165) is 0 Å². The lowest BCUT2D eigenvalue weighted by Crippen LogP contribution is -1.95. The second-order valence-corrected chi connectivity index (χ2v) is 5.60. The van der Waals surface area contributed by atoms with Crippen LogP contribution in [0.1, 0.15) is 5.69 Å². The third kappa shape index (κ3) is 2.55. The van der Waals surface area contributed by atoms with Crippen LogP contribution in [0.15, 0.2) is 29.8 Å². The molecule has 6 nitrogen and oxygen atoms in total. The Kier molecular flexibility index (Phi) is 3.71. The van der Waals surface area contributed by atoms with Crippen molar-refractivity contribution in [3.05, 3.63) is 50.6 Å². The van der Waals surface area contributed by atoms with E-state index >= 15 is 0 Å². The summed E-state index contributed by atoms with van der Waals surface area (Å²) in [6.45, 7) is 0. The minimum atomic E-state index is -0.556. The van der Waals surface area contributed by atoms with Crippen LogP contribution in [0, 0.1) is 10.1 Å². The number of imidazole rings is 1. The van der Waals surface area contributed by atoms with Crippen molar-refractivity contribution in [1.82, 2.24) is 9.38 Å². The molecule has 0 saturated carbocycles. The van der Waals surface area contributed by atoms with Crippen LogP contribution in [0.2, 0.25) is 5.02 Å². The molecule has 21 heavy (non-hydrogen) atoms. The molecule has 3 aromatic rings. The predicted molar refractivity (Wildman–Crippen MR) is 80.8 cm³/mol. The van der Waals surface area contributed by atoms with Gasteiger partial charge >= 0.3 is 5.69 Å². The van der Waals surface area contributed by atoms with Gasteiger partial charge in [-0.15, -0.1) is 22.9 Å². The number of benzene rings is 1. The molecule has 9 heteroatoms. The van der Waals surface area contributed by atoms with Crippen LogP contribution in [0.5, 0.6) is 11.6 Å². The summed E-state index contributed by atoms with van der Waals surface area (Å²) in [5.74, 6) is 0.498. The maximum atomic E-state index is 11.1. The van der Waals surface area contributed by atoms with Gasteiger partial charge < -0.3 is 4.74 Å². The van der Waals surface area contributed by atoms with Crippen LogP contribution in [-0.4, -0.2) is 14.3 Å². The molecule has 0 saturated heterocycles. The fourth-order valence-electron chi connectivity index (χ4n) is 1.84. The second kappa shape index (κ2) is 5.51. The van der Waals surface area contributed by atoms with E-state index in [2.05, 4.69) is 4.98 Å². The zero-order valence-corrected chi connectivity index (χ0v) is 12.7. The molecule has 0 spiro atoms. The molecule has 2 aromatic heterocycles. The Bertz CT molecular complexity index is 830. The number of thiazole rings is 1. The molecular formula is C12H7Cl2N3O3S. The number of nitro benzene ring substituents is 1. The Morgan fingerprint density at radius 3 is 3.00 bits per heavy atom. The Balaban J connectivity index is 2.06. The van der Waals surface area contributed by atoms with Crippen LogP contribution < -0.4 is 4.74 Å². The molecule has 0 bridgehead atoms. The van der Waals surface area contributed by atoms with E-state index in [1.807, 2.05) is 11.6 Å². The molecule has 0 aliphatic carbocycles. The van der Waals surface area contributed by atoms with Gasteiger partial charge in [0.25, 0.3) is 0 Å². The van der Waals surface area contributed by atoms with Gasteiger partial charge in [-0.2, -0.15) is 4.98 Å². The minimum Gasteiger partial charge on any atom is -0.430 e. The lowest BCUT2D eigenvalue weighted by molar-refractivity contribution is -0.385. The van der Waals surface area contributed by atoms with Crippen LogP contribution in [0.25, 0.3) is 4.96 Å². The van der Waals surface area contributed by atoms with Gasteiger partial charge in [0, 0.05) is 22.7 Å². The average molecular weight is 344 g/mol. The summed E-state index contributed by atoms with van der Waals surface area (Å²) in [5, 5.41) is 13.2. The summed E-state index contributed by atoms with van der Waals surface area (Å²) in [6, 6.07) is 4.18. The van der Waals surface area contributed by atoms with Crippen molar-refractivity contribution in [2.75, 3.05) is 0 Å². The highest BCUT2D eigenvalue weighted by atomic mass is 35.5. The number of nitrogens with zero attached hydrogens (tertiary/aromatic N) is 3. The number of halogens is 2. The van der Waals surface area contributed by atoms with Crippen molar-refractivity contribution in [2.45, 2.75) is 5.88 Å². The standard InChI is InChI=1S/C12H7Cl2N3O3S/c13-6-9-11(15-12-16(9)3-4-21-12)20-10-2-1-7(14)5-8(10)17(18)19/h1-5H,6H2. The Hall–Kier alpha value is -1.83. The molecule has 0 unspecified atom stereocenters. The second-order valence-electron chi connectivity index (χ2n) is 4.02. The number of rotatable bonds is 4. The van der Waals surface area contributed by atoms with E-state index < -0.39 is 4.92 Å². The SMILES string of the molecule is O=[N+]([O-])c1cc(Cl)ccc1Oc1nc2sccn2c1CCl. The maximum absolute atomic E-state index is 11.1. The normalized spacial score (nSPS) is 11.0. The average Bonchev–Trinajstić information content (AvgIpc) is 3.00. The Labute approximate surface area is 132 Å². The highest BCUT2D eigenvalue weighted by Crippen LogP contribution is 2.35. The third-order valence-corrected chi connectivity index (χ3v) is 4.02. The monoisotopic (exact) mass is 343 g/mol. The van der Waals surface area contributed by atoms with Gasteiger partial charge in [0.05, 0.1) is 10.8 Å². The first-order valence-corrected chi connectivity index (χ1v) is 7.51. The summed E-state index contributed by atoms with van der Waals surface area (Å²) >= 11 is 13.1. The van der Waals surface area contributed by atoms with E-state index in [-0.39, 0.29) is 28.2 Å². The van der Waals surface area contributed by atoms with E-state index in [4.69, 9.17) is 27.9 Å². The van der Waals surface area contributed by atoms with E-state index in [1.54, 1.807) is 4.40 Å². The largest absolute Gasteiger partial charge is 0.430 e. The van der Waals surface area contributed by atoms with Crippen LogP contribution in [-0.2, 0) is 5.88 Å². The summed E-state index contributed by atoms with van der Waals surface area (Å²) in [6.07, 6.45) is 1.81. The third-order valence-electron chi connectivity index (χ3n) is 2.78. The highest BCUT2D eigenvalue weighted by molar-refractivity contribution is 7.15. The molecule has 0 amide bonds. The first-order valence-electron chi connectivity index (χ1n) is 5.72. The zero-order valence-electron chi connectivity index (χ0n) is 10.3. The van der Waals surface area contributed by atoms with Gasteiger partial charge in [0.2, 0.25) is 11.6 Å². The van der Waals surface area contributed by atoms with Crippen molar-refractivity contribution >= 4 is 45.2 Å². The van der Waals surface area contributed by atoms with Gasteiger partial charge in [-0.05, 0) is 12.1 Å². The molecule has 3 rings (SSSR count). The Morgan fingerprint density at radius 1 is 1.48 bits per heavy atom. The van der Waals surface area contributed by atoms with Crippen molar-refractivity contribution in [2.24, 2.45) is 0 Å². The molecule has 0 aliphatic heterocycles. The molecule has 2 heterocycles. The topological polar surface area (TPSA) is 69.7 Å². The summed E-state index contributed by atoms with van der Waals surface area (Å²) in [4.78, 5) is 15.5. The number of fused-ring (bicyclic) bond motifs is 1. The molecule has 0 N–H and O–H groups in total. The first kappa shape index (κ1) is 14.1. The van der Waals surface area contributed by atoms with E-state index in [0.29, 0.717) is 10.7 Å². The van der Waals surface area contributed by atoms with Crippen molar-refractivity contribution < 1.29 is 9.66 Å². The number of alkyl halides is 1. The minimum absolute atomic E-state index is 0.0709. The fraction of sp³-hybridized carbons (Fsp3) is 0.0833. The van der Waals surface area contributed by atoms with Gasteiger partial charge in [-0.25, -0.2) is 0 Å². The molecule has 0 fully saturated rings. The number of ether oxygens (including phenoxy) is 1. The van der Waals surface area contributed by atoms with Crippen LogP contribution >= 0.6 is 34.5 Å². The lowest BCUT2D eigenvalue weighted by Gasteiger charge is -2.05. The number of aromatic nitrogens is 2. The molecule has 0 aliphatic rings. The van der Waals surface area contributed by atoms with Gasteiger partial charge in [0.1, 0.15) is 5.69 Å². The predicted octanol–water partition coefficient (Wildman–Crippen LogP) is 4.49. The molecular weight excluding hydrogens is 337 g/mol. The van der Waals surface area contributed by atoms with Crippen LogP contribution in [0.3, 0.4) is 0 Å². The number of hydrogen-bond donors (Lipinski definition) is 0. The highest BCUT2D eigenvalue weighted by Gasteiger charge is 2.20. The van der Waals surface area contributed by atoms with E-state index in [1.165, 1.54) is 29.5 Å².